The molecule has 0 amide bonds. The number of piperidine rings is 1. The normalized spacial score (nSPS) is 21.1. The average Bonchev–Trinajstić information content (AvgIpc) is 2.97. The molecule has 2 unspecified atom stereocenters. The number of aryl methyl sites for hydroxylation is 1. The molecule has 120 valence electrons. The van der Waals surface area contributed by atoms with Crippen LogP contribution in [0, 0.1) is 0 Å². The number of likely N-dealkylation sites (tertiary alicyclic amines) is 1. The Kier molecular flexibility index (Phi) is 5.82. The summed E-state index contributed by atoms with van der Waals surface area (Å²) in [5.74, 6) is 0. The van der Waals surface area contributed by atoms with Crippen LogP contribution >= 0.6 is 0 Å². The molecule has 0 bridgehead atoms. The van der Waals surface area contributed by atoms with Gasteiger partial charge in [-0.15, -0.1) is 0 Å². The maximum absolute atomic E-state index is 4.53. The second-order valence-electron chi connectivity index (χ2n) is 6.52. The summed E-state index contributed by atoms with van der Waals surface area (Å²) in [4.78, 5) is 2.69. The molecule has 0 radical (unpaired) electrons. The Bertz CT molecular complexity index is 422. The number of hydrogen-bond donors (Lipinski definition) is 1. The van der Waals surface area contributed by atoms with E-state index in [9.17, 15) is 0 Å². The Labute approximate surface area is 129 Å². The SMILES string of the molecule is CCCn1cc(C(NC)C(C)(CC)N2CCCCC2)cn1. The predicted octanol–water partition coefficient (Wildman–Crippen LogP) is 3.21. The molecule has 4 heteroatoms. The first-order chi connectivity index (χ1) is 10.2. The molecule has 0 saturated carbocycles. The van der Waals surface area contributed by atoms with Gasteiger partial charge in [-0.2, -0.15) is 5.10 Å². The molecule has 0 spiro atoms. The molecule has 1 aromatic rings. The molecule has 0 aliphatic carbocycles. The van der Waals surface area contributed by atoms with Gasteiger partial charge in [-0.1, -0.05) is 20.3 Å². The van der Waals surface area contributed by atoms with Crippen molar-refractivity contribution in [2.75, 3.05) is 20.1 Å². The number of nitrogens with one attached hydrogen (secondary N) is 1. The molecule has 0 aromatic carbocycles. The van der Waals surface area contributed by atoms with Crippen molar-refractivity contribution in [3.05, 3.63) is 18.0 Å². The van der Waals surface area contributed by atoms with Crippen LogP contribution in [0.15, 0.2) is 12.4 Å². The van der Waals surface area contributed by atoms with Gasteiger partial charge in [0.1, 0.15) is 0 Å². The molecule has 2 heterocycles. The van der Waals surface area contributed by atoms with Gasteiger partial charge in [0.05, 0.1) is 12.2 Å². The number of rotatable bonds is 7. The van der Waals surface area contributed by atoms with E-state index in [0.717, 1.165) is 19.4 Å². The van der Waals surface area contributed by atoms with E-state index in [1.54, 1.807) is 0 Å². The van der Waals surface area contributed by atoms with Crippen LogP contribution in [-0.2, 0) is 6.54 Å². The van der Waals surface area contributed by atoms with E-state index in [-0.39, 0.29) is 5.54 Å². The Hall–Kier alpha value is -0.870. The minimum absolute atomic E-state index is 0.162. The molecule has 1 aromatic heterocycles. The summed E-state index contributed by atoms with van der Waals surface area (Å²) >= 11 is 0. The highest BCUT2D eigenvalue weighted by Gasteiger charge is 2.39. The molecular weight excluding hydrogens is 260 g/mol. The fourth-order valence-corrected chi connectivity index (χ4v) is 3.73. The van der Waals surface area contributed by atoms with E-state index in [0.29, 0.717) is 6.04 Å². The van der Waals surface area contributed by atoms with E-state index in [2.05, 4.69) is 60.2 Å². The number of hydrogen-bond acceptors (Lipinski definition) is 3. The highest BCUT2D eigenvalue weighted by molar-refractivity contribution is 5.17. The molecule has 1 fully saturated rings. The minimum atomic E-state index is 0.162. The lowest BCUT2D eigenvalue weighted by atomic mass is 9.83. The smallest absolute Gasteiger partial charge is 0.0538 e. The first-order valence-corrected chi connectivity index (χ1v) is 8.60. The quantitative estimate of drug-likeness (QED) is 0.838. The van der Waals surface area contributed by atoms with Crippen molar-refractivity contribution in [3.8, 4) is 0 Å². The Morgan fingerprint density at radius 2 is 2.00 bits per heavy atom. The van der Waals surface area contributed by atoms with Crippen LogP contribution in [0.25, 0.3) is 0 Å². The van der Waals surface area contributed by atoms with Gasteiger partial charge in [-0.05, 0) is 52.7 Å². The second-order valence-corrected chi connectivity index (χ2v) is 6.52. The molecule has 4 nitrogen and oxygen atoms in total. The van der Waals surface area contributed by atoms with Crippen molar-refractivity contribution < 1.29 is 0 Å². The summed E-state index contributed by atoms with van der Waals surface area (Å²) in [7, 11) is 2.08. The first kappa shape index (κ1) is 16.5. The molecule has 1 saturated heterocycles. The summed E-state index contributed by atoms with van der Waals surface area (Å²) in [5.41, 5.74) is 1.48. The third kappa shape index (κ3) is 3.49. The highest BCUT2D eigenvalue weighted by atomic mass is 15.3. The maximum Gasteiger partial charge on any atom is 0.0538 e. The van der Waals surface area contributed by atoms with Crippen LogP contribution in [0.1, 0.15) is 64.5 Å². The summed E-state index contributed by atoms with van der Waals surface area (Å²) in [5, 5.41) is 8.09. The Morgan fingerprint density at radius 1 is 1.29 bits per heavy atom. The number of nitrogens with zero attached hydrogens (tertiary/aromatic N) is 3. The second kappa shape index (κ2) is 7.41. The fraction of sp³-hybridized carbons (Fsp3) is 0.824. The topological polar surface area (TPSA) is 33.1 Å². The van der Waals surface area contributed by atoms with E-state index < -0.39 is 0 Å². The van der Waals surface area contributed by atoms with Gasteiger partial charge in [-0.3, -0.25) is 9.58 Å². The summed E-state index contributed by atoms with van der Waals surface area (Å²) in [6.07, 6.45) is 10.6. The molecule has 1 aliphatic heterocycles. The first-order valence-electron chi connectivity index (χ1n) is 8.60. The molecule has 2 rings (SSSR count). The van der Waals surface area contributed by atoms with Gasteiger partial charge in [0.25, 0.3) is 0 Å². The maximum atomic E-state index is 4.53. The largest absolute Gasteiger partial charge is 0.311 e. The summed E-state index contributed by atoms with van der Waals surface area (Å²) < 4.78 is 2.08. The van der Waals surface area contributed by atoms with Crippen LogP contribution in [-0.4, -0.2) is 40.4 Å². The molecule has 1 N–H and O–H groups in total. The third-order valence-corrected chi connectivity index (χ3v) is 5.14. The zero-order valence-corrected chi connectivity index (χ0v) is 14.2. The van der Waals surface area contributed by atoms with Crippen LogP contribution in [0.4, 0.5) is 0 Å². The third-order valence-electron chi connectivity index (χ3n) is 5.14. The zero-order chi connectivity index (χ0) is 15.3. The van der Waals surface area contributed by atoms with Gasteiger partial charge in [0.2, 0.25) is 0 Å². The monoisotopic (exact) mass is 292 g/mol. The van der Waals surface area contributed by atoms with Gasteiger partial charge >= 0.3 is 0 Å². The van der Waals surface area contributed by atoms with Crippen molar-refractivity contribution in [1.82, 2.24) is 20.0 Å². The van der Waals surface area contributed by atoms with Crippen molar-refractivity contribution in [1.29, 1.82) is 0 Å². The summed E-state index contributed by atoms with van der Waals surface area (Å²) in [6, 6.07) is 0.339. The van der Waals surface area contributed by atoms with Gasteiger partial charge in [0.15, 0.2) is 0 Å². The minimum Gasteiger partial charge on any atom is -0.311 e. The van der Waals surface area contributed by atoms with Crippen LogP contribution in [0.2, 0.25) is 0 Å². The summed E-state index contributed by atoms with van der Waals surface area (Å²) in [6.45, 7) is 10.4. The van der Waals surface area contributed by atoms with Crippen LogP contribution < -0.4 is 5.32 Å². The van der Waals surface area contributed by atoms with Gasteiger partial charge < -0.3 is 5.32 Å². The standard InChI is InChI=1S/C17H32N4/c1-5-10-21-14-15(13-19-21)16(18-4)17(3,6-2)20-11-8-7-9-12-20/h13-14,16,18H,5-12H2,1-4H3. The molecule has 1 aliphatic rings. The van der Waals surface area contributed by atoms with Crippen molar-refractivity contribution in [2.24, 2.45) is 0 Å². The van der Waals surface area contributed by atoms with Gasteiger partial charge in [-0.25, -0.2) is 0 Å². The predicted molar refractivity (Wildman–Crippen MR) is 88.4 cm³/mol. The van der Waals surface area contributed by atoms with E-state index in [4.69, 9.17) is 0 Å². The Balaban J connectivity index is 2.22. The lowest BCUT2D eigenvalue weighted by Crippen LogP contribution is -2.55. The lowest BCUT2D eigenvalue weighted by molar-refractivity contribution is 0.0448. The molecular formula is C17H32N4. The number of aromatic nitrogens is 2. The van der Waals surface area contributed by atoms with Crippen LogP contribution in [0.3, 0.4) is 0 Å². The Morgan fingerprint density at radius 3 is 2.57 bits per heavy atom. The van der Waals surface area contributed by atoms with Gasteiger partial charge in [0, 0.05) is 23.8 Å². The van der Waals surface area contributed by atoms with Crippen molar-refractivity contribution in [3.63, 3.8) is 0 Å². The highest BCUT2D eigenvalue weighted by Crippen LogP contribution is 2.35. The number of likely N-dealkylation sites (N-methyl/N-ethyl adjacent to an activating group) is 1. The molecule has 21 heavy (non-hydrogen) atoms. The van der Waals surface area contributed by atoms with E-state index in [1.807, 2.05) is 0 Å². The van der Waals surface area contributed by atoms with Crippen molar-refractivity contribution in [2.45, 2.75) is 71.0 Å². The zero-order valence-electron chi connectivity index (χ0n) is 14.2. The van der Waals surface area contributed by atoms with E-state index in [1.165, 1.54) is 37.9 Å². The van der Waals surface area contributed by atoms with E-state index >= 15 is 0 Å². The fourth-order valence-electron chi connectivity index (χ4n) is 3.73. The van der Waals surface area contributed by atoms with Crippen molar-refractivity contribution >= 4 is 0 Å². The molecule has 2 atom stereocenters. The average molecular weight is 292 g/mol. The lowest BCUT2D eigenvalue weighted by Gasteiger charge is -2.47. The van der Waals surface area contributed by atoms with Crippen LogP contribution in [0.5, 0.6) is 0 Å².